The Hall–Kier alpha value is -4.62. The number of hydrogen-bond acceptors (Lipinski definition) is 5. The van der Waals surface area contributed by atoms with Crippen LogP contribution in [-0.4, -0.2) is 51.2 Å². The zero-order chi connectivity index (χ0) is 27.7. The maximum absolute atomic E-state index is 13.6. The number of carboxylic acids is 1. The van der Waals surface area contributed by atoms with Crippen LogP contribution >= 0.6 is 0 Å². The van der Waals surface area contributed by atoms with Crippen LogP contribution in [0.1, 0.15) is 35.1 Å². The lowest BCUT2D eigenvalue weighted by Crippen LogP contribution is -2.39. The third kappa shape index (κ3) is 6.68. The van der Waals surface area contributed by atoms with Gasteiger partial charge in [-0.1, -0.05) is 84.9 Å². The molecule has 2 atom stereocenters. The number of rotatable bonds is 10. The lowest BCUT2D eigenvalue weighted by molar-refractivity contribution is -0.138. The van der Waals surface area contributed by atoms with Crippen LogP contribution in [0, 0.1) is 0 Å². The van der Waals surface area contributed by atoms with Gasteiger partial charge in [0.15, 0.2) is 6.04 Å². The first-order valence-corrected chi connectivity index (χ1v) is 13.5. The van der Waals surface area contributed by atoms with Crippen molar-refractivity contribution in [3.63, 3.8) is 0 Å². The third-order valence-corrected chi connectivity index (χ3v) is 7.10. The number of likely N-dealkylation sites (tertiary alicyclic amines) is 1. The van der Waals surface area contributed by atoms with E-state index in [1.165, 1.54) is 0 Å². The van der Waals surface area contributed by atoms with Gasteiger partial charge in [0, 0.05) is 36.5 Å². The number of pyridine rings is 1. The number of amides is 1. The van der Waals surface area contributed by atoms with Gasteiger partial charge in [-0.05, 0) is 42.6 Å². The van der Waals surface area contributed by atoms with Crippen LogP contribution in [0.4, 0.5) is 5.69 Å². The lowest BCUT2D eigenvalue weighted by atomic mass is 9.98. The van der Waals surface area contributed by atoms with Gasteiger partial charge in [0.05, 0.1) is 17.4 Å². The minimum absolute atomic E-state index is 0.0830. The molecule has 1 amide bonds. The minimum atomic E-state index is -1.00. The van der Waals surface area contributed by atoms with Crippen molar-refractivity contribution < 1.29 is 14.7 Å². The Kier molecular flexibility index (Phi) is 8.73. The summed E-state index contributed by atoms with van der Waals surface area (Å²) in [6, 6.07) is 29.1. The maximum Gasteiger partial charge on any atom is 0.328 e. The molecule has 0 spiro atoms. The zero-order valence-corrected chi connectivity index (χ0v) is 22.2. The van der Waals surface area contributed by atoms with Gasteiger partial charge in [-0.2, -0.15) is 0 Å². The number of nitrogens with one attached hydrogen (secondary N) is 1. The van der Waals surface area contributed by atoms with Crippen molar-refractivity contribution in [2.24, 2.45) is 4.99 Å². The highest BCUT2D eigenvalue weighted by Gasteiger charge is 2.31. The molecule has 1 aliphatic rings. The number of aliphatic carboxylic acids is 1. The van der Waals surface area contributed by atoms with Gasteiger partial charge in [-0.15, -0.1) is 0 Å². The lowest BCUT2D eigenvalue weighted by Gasteiger charge is -2.24. The van der Waals surface area contributed by atoms with E-state index in [1.807, 2.05) is 103 Å². The van der Waals surface area contributed by atoms with E-state index in [0.717, 1.165) is 36.1 Å². The number of aromatic nitrogens is 1. The predicted molar refractivity (Wildman–Crippen MR) is 156 cm³/mol. The van der Waals surface area contributed by atoms with Crippen LogP contribution < -0.4 is 5.32 Å². The van der Waals surface area contributed by atoms with Gasteiger partial charge >= 0.3 is 5.97 Å². The van der Waals surface area contributed by atoms with Gasteiger partial charge in [0.25, 0.3) is 0 Å². The van der Waals surface area contributed by atoms with E-state index in [0.29, 0.717) is 23.5 Å². The van der Waals surface area contributed by atoms with E-state index >= 15 is 0 Å². The summed E-state index contributed by atoms with van der Waals surface area (Å²) in [7, 11) is 0. The number of benzene rings is 3. The van der Waals surface area contributed by atoms with Gasteiger partial charge in [-0.25, -0.2) is 4.79 Å². The summed E-state index contributed by atoms with van der Waals surface area (Å²) < 4.78 is 0. The van der Waals surface area contributed by atoms with Crippen molar-refractivity contribution in [3.05, 3.63) is 132 Å². The monoisotopic (exact) mass is 532 g/mol. The molecule has 3 aromatic carbocycles. The van der Waals surface area contributed by atoms with E-state index in [4.69, 9.17) is 4.99 Å². The minimum Gasteiger partial charge on any atom is -0.480 e. The molecule has 0 saturated carbocycles. The topological polar surface area (TPSA) is 94.9 Å². The average molecular weight is 533 g/mol. The number of hydrogen-bond donors (Lipinski definition) is 2. The molecule has 0 radical (unpaired) electrons. The average Bonchev–Trinajstić information content (AvgIpc) is 3.45. The number of para-hydroxylation sites is 1. The Balaban J connectivity index is 1.45. The number of nitrogens with zero attached hydrogens (tertiary/aromatic N) is 3. The summed E-state index contributed by atoms with van der Waals surface area (Å²) in [5.41, 5.74) is 4.55. The SMILES string of the molecule is O=C(O)C(Cc1ccccc1)N=C(c1ccccc1)c1ccccc1NC(=O)C1CCCN1Cc1cccnc1. The Bertz CT molecular complexity index is 1460. The Morgan fingerprint density at radius 3 is 2.35 bits per heavy atom. The predicted octanol–water partition coefficient (Wildman–Crippen LogP) is 5.22. The first-order valence-electron chi connectivity index (χ1n) is 13.5. The second kappa shape index (κ2) is 13.0. The van der Waals surface area contributed by atoms with Crippen molar-refractivity contribution in [3.8, 4) is 0 Å². The smallest absolute Gasteiger partial charge is 0.328 e. The molecule has 1 aromatic heterocycles. The summed E-state index contributed by atoms with van der Waals surface area (Å²) in [4.78, 5) is 37.1. The largest absolute Gasteiger partial charge is 0.480 e. The molecule has 1 fully saturated rings. The number of carbonyl (C=O) groups is 2. The molecule has 2 heterocycles. The summed E-state index contributed by atoms with van der Waals surface area (Å²) in [5, 5.41) is 13.2. The molecule has 7 heteroatoms. The molecule has 2 N–H and O–H groups in total. The Morgan fingerprint density at radius 2 is 1.62 bits per heavy atom. The number of aliphatic imine (C=N–C) groups is 1. The number of carboxylic acid groups (broad SMARTS) is 1. The molecule has 202 valence electrons. The number of anilines is 1. The zero-order valence-electron chi connectivity index (χ0n) is 22.2. The molecule has 1 aliphatic heterocycles. The number of carbonyl (C=O) groups excluding carboxylic acids is 1. The van der Waals surface area contributed by atoms with Crippen LogP contribution in [0.15, 0.2) is 114 Å². The summed E-state index contributed by atoms with van der Waals surface area (Å²) in [6.07, 6.45) is 5.55. The van der Waals surface area contributed by atoms with Gasteiger partial charge in [0.1, 0.15) is 0 Å². The van der Waals surface area contributed by atoms with Crippen molar-refractivity contribution in [2.45, 2.75) is 37.9 Å². The van der Waals surface area contributed by atoms with Crippen molar-refractivity contribution in [2.75, 3.05) is 11.9 Å². The van der Waals surface area contributed by atoms with Crippen molar-refractivity contribution in [1.82, 2.24) is 9.88 Å². The van der Waals surface area contributed by atoms with Crippen LogP contribution in [0.2, 0.25) is 0 Å². The molecule has 4 aromatic rings. The fraction of sp³-hybridized carbons (Fsp3) is 0.212. The Morgan fingerprint density at radius 1 is 0.925 bits per heavy atom. The third-order valence-electron chi connectivity index (χ3n) is 7.10. The summed E-state index contributed by atoms with van der Waals surface area (Å²) in [5.74, 6) is -1.09. The standard InChI is InChI=1S/C33H32N4O3/c38-32(30-18-10-20-37(30)23-25-13-9-19-34-22-25)36-28-17-8-7-16-27(28)31(26-14-5-2-6-15-26)35-29(33(39)40)21-24-11-3-1-4-12-24/h1-9,11-17,19,22,29-30H,10,18,20-21,23H2,(H,36,38)(H,39,40). The highest BCUT2D eigenvalue weighted by atomic mass is 16.4. The molecule has 7 nitrogen and oxygen atoms in total. The summed E-state index contributed by atoms with van der Waals surface area (Å²) in [6.45, 7) is 1.50. The fourth-order valence-corrected chi connectivity index (χ4v) is 5.13. The van der Waals surface area contributed by atoms with E-state index in [2.05, 4.69) is 15.2 Å². The quantitative estimate of drug-likeness (QED) is 0.273. The van der Waals surface area contributed by atoms with Gasteiger partial charge < -0.3 is 10.4 Å². The molecule has 40 heavy (non-hydrogen) atoms. The van der Waals surface area contributed by atoms with Crippen molar-refractivity contribution in [1.29, 1.82) is 0 Å². The molecule has 0 bridgehead atoms. The van der Waals surface area contributed by atoms with Crippen LogP contribution in [0.25, 0.3) is 0 Å². The highest BCUT2D eigenvalue weighted by molar-refractivity contribution is 6.17. The second-order valence-corrected chi connectivity index (χ2v) is 9.91. The Labute approximate surface area is 234 Å². The molecule has 1 saturated heterocycles. The first kappa shape index (κ1) is 27.0. The highest BCUT2D eigenvalue weighted by Crippen LogP contribution is 2.25. The van der Waals surface area contributed by atoms with Crippen LogP contribution in [0.3, 0.4) is 0 Å². The maximum atomic E-state index is 13.6. The molecule has 2 unspecified atom stereocenters. The molecular weight excluding hydrogens is 500 g/mol. The molecular formula is C33H32N4O3. The van der Waals surface area contributed by atoms with E-state index in [-0.39, 0.29) is 18.4 Å². The van der Waals surface area contributed by atoms with E-state index < -0.39 is 12.0 Å². The fourth-order valence-electron chi connectivity index (χ4n) is 5.13. The molecule has 5 rings (SSSR count). The van der Waals surface area contributed by atoms with E-state index in [9.17, 15) is 14.7 Å². The van der Waals surface area contributed by atoms with Gasteiger partial charge in [0.2, 0.25) is 5.91 Å². The van der Waals surface area contributed by atoms with Crippen LogP contribution in [-0.2, 0) is 22.6 Å². The first-order chi connectivity index (χ1) is 19.6. The van der Waals surface area contributed by atoms with Gasteiger partial charge in [-0.3, -0.25) is 19.7 Å². The van der Waals surface area contributed by atoms with E-state index in [1.54, 1.807) is 6.20 Å². The van der Waals surface area contributed by atoms with Crippen molar-refractivity contribution >= 4 is 23.3 Å². The van der Waals surface area contributed by atoms with Crippen LogP contribution in [0.5, 0.6) is 0 Å². The molecule has 0 aliphatic carbocycles. The summed E-state index contributed by atoms with van der Waals surface area (Å²) >= 11 is 0. The second-order valence-electron chi connectivity index (χ2n) is 9.91. The normalized spacial score (nSPS) is 16.4.